The van der Waals surface area contributed by atoms with E-state index >= 15 is 0 Å². The van der Waals surface area contributed by atoms with Crippen molar-refractivity contribution in [2.75, 3.05) is 39.9 Å². The molecule has 0 radical (unpaired) electrons. The molecule has 1 aromatic rings. The van der Waals surface area contributed by atoms with Crippen LogP contribution >= 0.6 is 0 Å². The van der Waals surface area contributed by atoms with Gasteiger partial charge in [0, 0.05) is 50.8 Å². The Labute approximate surface area is 141 Å². The van der Waals surface area contributed by atoms with Gasteiger partial charge >= 0.3 is 0 Å². The quantitative estimate of drug-likeness (QED) is 0.394. The molecule has 2 heterocycles. The molecule has 1 unspecified atom stereocenters. The number of nitrogens with one attached hydrogen (secondary N) is 1. The minimum atomic E-state index is -0.375. The minimum absolute atomic E-state index is 0.128. The van der Waals surface area contributed by atoms with Crippen molar-refractivity contribution in [1.82, 2.24) is 10.2 Å². The molecule has 0 aliphatic carbocycles. The fourth-order valence-electron chi connectivity index (χ4n) is 3.52. The van der Waals surface area contributed by atoms with E-state index in [-0.39, 0.29) is 10.6 Å². The van der Waals surface area contributed by atoms with Crippen LogP contribution in [0.5, 0.6) is 0 Å². The van der Waals surface area contributed by atoms with E-state index in [1.54, 1.807) is 12.1 Å². The maximum absolute atomic E-state index is 10.7. The summed E-state index contributed by atoms with van der Waals surface area (Å²) in [6, 6.07) is 6.72. The predicted octanol–water partition coefficient (Wildman–Crippen LogP) is 1.83. The van der Waals surface area contributed by atoms with Crippen molar-refractivity contribution >= 4 is 11.6 Å². The number of nitro groups is 1. The number of nitrogens with zero attached hydrogens (tertiary/aromatic N) is 3. The highest BCUT2D eigenvalue weighted by molar-refractivity contribution is 5.80. The van der Waals surface area contributed by atoms with Crippen molar-refractivity contribution in [3.63, 3.8) is 0 Å². The van der Waals surface area contributed by atoms with Gasteiger partial charge in [-0.15, -0.1) is 0 Å². The SMILES string of the molecule is CN=C(NCCc1ccc([N+](=O)[O-])cc1)N1CCC2(CCOC2)C1. The number of benzene rings is 1. The van der Waals surface area contributed by atoms with Crippen molar-refractivity contribution in [2.24, 2.45) is 10.4 Å². The van der Waals surface area contributed by atoms with Gasteiger partial charge in [-0.3, -0.25) is 15.1 Å². The molecule has 0 saturated carbocycles. The molecule has 1 aromatic carbocycles. The van der Waals surface area contributed by atoms with Crippen molar-refractivity contribution in [3.05, 3.63) is 39.9 Å². The lowest BCUT2D eigenvalue weighted by atomic mass is 9.87. The van der Waals surface area contributed by atoms with E-state index in [1.165, 1.54) is 0 Å². The third-order valence-corrected chi connectivity index (χ3v) is 4.98. The predicted molar refractivity (Wildman–Crippen MR) is 92.2 cm³/mol. The van der Waals surface area contributed by atoms with E-state index in [2.05, 4.69) is 15.2 Å². The summed E-state index contributed by atoms with van der Waals surface area (Å²) >= 11 is 0. The van der Waals surface area contributed by atoms with Gasteiger partial charge in [0.15, 0.2) is 5.96 Å². The third-order valence-electron chi connectivity index (χ3n) is 4.98. The Hall–Kier alpha value is -2.15. The van der Waals surface area contributed by atoms with Gasteiger partial charge in [0.05, 0.1) is 11.5 Å². The molecule has 0 bridgehead atoms. The van der Waals surface area contributed by atoms with Crippen LogP contribution in [0.25, 0.3) is 0 Å². The Morgan fingerprint density at radius 3 is 2.83 bits per heavy atom. The van der Waals surface area contributed by atoms with Gasteiger partial charge in [0.25, 0.3) is 5.69 Å². The lowest BCUT2D eigenvalue weighted by Gasteiger charge is -2.25. The number of nitro benzene ring substituents is 1. The molecule has 0 amide bonds. The normalized spacial score (nSPS) is 23.9. The summed E-state index contributed by atoms with van der Waals surface area (Å²) in [5.74, 6) is 0.931. The molecule has 1 atom stereocenters. The van der Waals surface area contributed by atoms with Crippen molar-refractivity contribution < 1.29 is 9.66 Å². The summed E-state index contributed by atoms with van der Waals surface area (Å²) in [5.41, 5.74) is 1.52. The van der Waals surface area contributed by atoms with Gasteiger partial charge in [-0.2, -0.15) is 0 Å². The summed E-state index contributed by atoms with van der Waals surface area (Å²) in [5, 5.41) is 14.1. The average molecular weight is 332 g/mol. The van der Waals surface area contributed by atoms with Crippen LogP contribution in [0.1, 0.15) is 18.4 Å². The highest BCUT2D eigenvalue weighted by atomic mass is 16.6. The van der Waals surface area contributed by atoms with Crippen LogP contribution in [0.3, 0.4) is 0 Å². The van der Waals surface area contributed by atoms with E-state index in [9.17, 15) is 10.1 Å². The van der Waals surface area contributed by atoms with Crippen LogP contribution in [-0.2, 0) is 11.2 Å². The highest BCUT2D eigenvalue weighted by Gasteiger charge is 2.42. The summed E-state index contributed by atoms with van der Waals surface area (Å²) in [7, 11) is 1.81. The number of likely N-dealkylation sites (tertiary alicyclic amines) is 1. The maximum Gasteiger partial charge on any atom is 0.269 e. The molecule has 0 aromatic heterocycles. The molecule has 7 heteroatoms. The standard InChI is InChI=1S/C17H24N4O3/c1-18-16(20-10-7-17(12-20)8-11-24-13-17)19-9-6-14-2-4-15(5-3-14)21(22)23/h2-5H,6-13H2,1H3,(H,18,19). The van der Waals surface area contributed by atoms with Gasteiger partial charge in [0.2, 0.25) is 0 Å². The third kappa shape index (κ3) is 3.67. The van der Waals surface area contributed by atoms with Gasteiger partial charge in [-0.1, -0.05) is 12.1 Å². The first-order chi connectivity index (χ1) is 11.6. The summed E-state index contributed by atoms with van der Waals surface area (Å²) in [4.78, 5) is 17.0. The summed E-state index contributed by atoms with van der Waals surface area (Å²) in [6.07, 6.45) is 3.11. The van der Waals surface area contributed by atoms with E-state index in [0.29, 0.717) is 5.41 Å². The smallest absolute Gasteiger partial charge is 0.269 e. The Kier molecular flexibility index (Phi) is 4.99. The fourth-order valence-corrected chi connectivity index (χ4v) is 3.52. The molecular weight excluding hydrogens is 308 g/mol. The summed E-state index contributed by atoms with van der Waals surface area (Å²) < 4.78 is 5.57. The number of hydrogen-bond donors (Lipinski definition) is 1. The molecule has 24 heavy (non-hydrogen) atoms. The van der Waals surface area contributed by atoms with Gasteiger partial charge in [-0.05, 0) is 24.8 Å². The lowest BCUT2D eigenvalue weighted by molar-refractivity contribution is -0.384. The second-order valence-electron chi connectivity index (χ2n) is 6.62. The van der Waals surface area contributed by atoms with Crippen LogP contribution in [0, 0.1) is 15.5 Å². The Morgan fingerprint density at radius 1 is 1.42 bits per heavy atom. The zero-order chi connectivity index (χ0) is 17.0. The number of aliphatic imine (C=N–C) groups is 1. The van der Waals surface area contributed by atoms with Crippen LogP contribution in [0.2, 0.25) is 0 Å². The molecule has 7 nitrogen and oxygen atoms in total. The van der Waals surface area contributed by atoms with Crippen LogP contribution in [0.4, 0.5) is 5.69 Å². The molecule has 1 N–H and O–H groups in total. The Bertz CT molecular complexity index is 609. The van der Waals surface area contributed by atoms with E-state index < -0.39 is 0 Å². The minimum Gasteiger partial charge on any atom is -0.381 e. The number of guanidine groups is 1. The second kappa shape index (κ2) is 7.17. The number of hydrogen-bond acceptors (Lipinski definition) is 4. The van der Waals surface area contributed by atoms with Gasteiger partial charge < -0.3 is 15.0 Å². The molecule has 2 fully saturated rings. The summed E-state index contributed by atoms with van der Waals surface area (Å²) in [6.45, 7) is 4.51. The monoisotopic (exact) mass is 332 g/mol. The largest absolute Gasteiger partial charge is 0.381 e. The van der Waals surface area contributed by atoms with Crippen molar-refractivity contribution in [3.8, 4) is 0 Å². The molecule has 130 valence electrons. The Morgan fingerprint density at radius 2 is 2.21 bits per heavy atom. The molecule has 3 rings (SSSR count). The van der Waals surface area contributed by atoms with E-state index in [0.717, 1.165) is 63.6 Å². The first-order valence-electron chi connectivity index (χ1n) is 8.39. The first kappa shape index (κ1) is 16.7. The van der Waals surface area contributed by atoms with Crippen molar-refractivity contribution in [1.29, 1.82) is 0 Å². The van der Waals surface area contributed by atoms with E-state index in [4.69, 9.17) is 4.74 Å². The maximum atomic E-state index is 10.7. The van der Waals surface area contributed by atoms with Crippen LogP contribution in [-0.4, -0.2) is 55.7 Å². The van der Waals surface area contributed by atoms with Crippen LogP contribution < -0.4 is 5.32 Å². The topological polar surface area (TPSA) is 80.0 Å². The average Bonchev–Trinajstić information content (AvgIpc) is 3.22. The molecule has 2 saturated heterocycles. The number of rotatable bonds is 4. The molecule has 2 aliphatic heterocycles. The van der Waals surface area contributed by atoms with Gasteiger partial charge in [-0.25, -0.2) is 0 Å². The second-order valence-corrected chi connectivity index (χ2v) is 6.62. The zero-order valence-electron chi connectivity index (χ0n) is 14.0. The van der Waals surface area contributed by atoms with Crippen LogP contribution in [0.15, 0.2) is 29.3 Å². The molecule has 2 aliphatic rings. The number of ether oxygens (including phenoxy) is 1. The molecular formula is C17H24N4O3. The zero-order valence-corrected chi connectivity index (χ0v) is 14.0. The van der Waals surface area contributed by atoms with Gasteiger partial charge in [0.1, 0.15) is 0 Å². The number of non-ortho nitro benzene ring substituents is 1. The molecule has 1 spiro atoms. The van der Waals surface area contributed by atoms with Crippen molar-refractivity contribution in [2.45, 2.75) is 19.3 Å². The first-order valence-corrected chi connectivity index (χ1v) is 8.39. The van der Waals surface area contributed by atoms with E-state index in [1.807, 2.05) is 19.2 Å². The fraction of sp³-hybridized carbons (Fsp3) is 0.588. The Balaban J connectivity index is 1.49. The highest BCUT2D eigenvalue weighted by Crippen LogP contribution is 2.38. The lowest BCUT2D eigenvalue weighted by Crippen LogP contribution is -2.42.